The summed E-state index contributed by atoms with van der Waals surface area (Å²) in [6.07, 6.45) is -0.778. The summed E-state index contributed by atoms with van der Waals surface area (Å²) in [6.45, 7) is 9.48. The zero-order chi connectivity index (χ0) is 13.2. The third-order valence-corrected chi connectivity index (χ3v) is 2.57. The molecule has 0 aromatic carbocycles. The van der Waals surface area contributed by atoms with Gasteiger partial charge < -0.3 is 14.6 Å². The van der Waals surface area contributed by atoms with E-state index >= 15 is 0 Å². The lowest BCUT2D eigenvalue weighted by Crippen LogP contribution is -2.40. The van der Waals surface area contributed by atoms with Gasteiger partial charge in [-0.25, -0.2) is 4.79 Å². The first-order valence-electron chi connectivity index (χ1n) is 5.89. The maximum absolute atomic E-state index is 11.8. The van der Waals surface area contributed by atoms with Gasteiger partial charge >= 0.3 is 5.97 Å². The van der Waals surface area contributed by atoms with Crippen molar-refractivity contribution >= 4 is 5.97 Å². The lowest BCUT2D eigenvalue weighted by molar-refractivity contribution is -0.172. The third-order valence-electron chi connectivity index (χ3n) is 2.57. The van der Waals surface area contributed by atoms with Crippen molar-refractivity contribution in [3.05, 3.63) is 11.1 Å². The lowest BCUT2D eigenvalue weighted by atomic mass is 9.96. The minimum Gasteiger partial charge on any atom is -0.458 e. The average molecular weight is 242 g/mol. The van der Waals surface area contributed by atoms with E-state index < -0.39 is 17.8 Å². The van der Waals surface area contributed by atoms with Gasteiger partial charge in [0.15, 0.2) is 6.10 Å². The molecule has 1 N–H and O–H groups in total. The van der Waals surface area contributed by atoms with Gasteiger partial charge in [-0.1, -0.05) is 5.57 Å². The van der Waals surface area contributed by atoms with Crippen LogP contribution >= 0.6 is 0 Å². The van der Waals surface area contributed by atoms with Gasteiger partial charge in [0.05, 0.1) is 12.7 Å². The first-order chi connectivity index (χ1) is 7.70. The van der Waals surface area contributed by atoms with Crippen LogP contribution in [0.1, 0.15) is 41.0 Å². The van der Waals surface area contributed by atoms with E-state index in [-0.39, 0.29) is 12.6 Å². The highest BCUT2D eigenvalue weighted by atomic mass is 16.6. The molecule has 0 unspecified atom stereocenters. The minimum atomic E-state index is -0.598. The molecule has 0 bridgehead atoms. The summed E-state index contributed by atoms with van der Waals surface area (Å²) in [6, 6.07) is 0. The molecule has 1 fully saturated rings. The van der Waals surface area contributed by atoms with Crippen LogP contribution in [0, 0.1) is 0 Å². The summed E-state index contributed by atoms with van der Waals surface area (Å²) in [5, 5.41) is 9.74. The van der Waals surface area contributed by atoms with Crippen molar-refractivity contribution in [2.45, 2.75) is 58.8 Å². The van der Waals surface area contributed by atoms with Crippen molar-refractivity contribution in [2.75, 3.05) is 6.61 Å². The van der Waals surface area contributed by atoms with Crippen LogP contribution in [0.5, 0.6) is 0 Å². The lowest BCUT2D eigenvalue weighted by Gasteiger charge is -2.30. The average Bonchev–Trinajstić information content (AvgIpc) is 2.14. The van der Waals surface area contributed by atoms with Crippen LogP contribution in [0.4, 0.5) is 0 Å². The van der Waals surface area contributed by atoms with Gasteiger partial charge in [-0.05, 0) is 40.2 Å². The highest BCUT2D eigenvalue weighted by molar-refractivity contribution is 5.75. The molecule has 17 heavy (non-hydrogen) atoms. The largest absolute Gasteiger partial charge is 0.458 e. The quantitative estimate of drug-likeness (QED) is 0.563. The van der Waals surface area contributed by atoms with Gasteiger partial charge in [0, 0.05) is 6.42 Å². The highest BCUT2D eigenvalue weighted by Crippen LogP contribution is 2.24. The first kappa shape index (κ1) is 14.2. The van der Waals surface area contributed by atoms with E-state index in [1.165, 1.54) is 0 Å². The molecule has 1 heterocycles. The Kier molecular flexibility index (Phi) is 4.33. The molecule has 4 heteroatoms. The molecule has 0 spiro atoms. The predicted molar refractivity (Wildman–Crippen MR) is 64.6 cm³/mol. The number of aliphatic hydroxyl groups excluding tert-OH is 1. The van der Waals surface area contributed by atoms with Crippen LogP contribution in [0.15, 0.2) is 11.1 Å². The van der Waals surface area contributed by atoms with Gasteiger partial charge in [-0.15, -0.1) is 0 Å². The smallest absolute Gasteiger partial charge is 0.336 e. The molecular formula is C13H22O4. The van der Waals surface area contributed by atoms with E-state index in [0.29, 0.717) is 6.42 Å². The number of hydrogen-bond acceptors (Lipinski definition) is 4. The van der Waals surface area contributed by atoms with E-state index in [0.717, 1.165) is 11.1 Å². The molecule has 0 aliphatic carbocycles. The Labute approximate surface area is 103 Å². The maximum atomic E-state index is 11.8. The summed E-state index contributed by atoms with van der Waals surface area (Å²) < 4.78 is 10.6. The van der Waals surface area contributed by atoms with Gasteiger partial charge in [0.1, 0.15) is 5.60 Å². The van der Waals surface area contributed by atoms with E-state index in [1.54, 1.807) is 0 Å². The van der Waals surface area contributed by atoms with Crippen molar-refractivity contribution in [1.82, 2.24) is 0 Å². The summed E-state index contributed by atoms with van der Waals surface area (Å²) >= 11 is 0. The van der Waals surface area contributed by atoms with Crippen LogP contribution in [-0.4, -0.2) is 35.5 Å². The molecule has 0 saturated carbocycles. The second kappa shape index (κ2) is 5.19. The number of rotatable bonds is 1. The Morgan fingerprint density at radius 3 is 2.47 bits per heavy atom. The number of carbonyl (C=O) groups is 1. The van der Waals surface area contributed by atoms with Crippen LogP contribution < -0.4 is 0 Å². The van der Waals surface area contributed by atoms with E-state index in [9.17, 15) is 9.90 Å². The Morgan fingerprint density at radius 1 is 1.41 bits per heavy atom. The van der Waals surface area contributed by atoms with Crippen molar-refractivity contribution < 1.29 is 19.4 Å². The Morgan fingerprint density at radius 2 is 2.00 bits per heavy atom. The van der Waals surface area contributed by atoms with Crippen LogP contribution in [0.2, 0.25) is 0 Å². The highest BCUT2D eigenvalue weighted by Gasteiger charge is 2.33. The fourth-order valence-electron chi connectivity index (χ4n) is 1.76. The number of esters is 1. The third kappa shape index (κ3) is 4.13. The summed E-state index contributed by atoms with van der Waals surface area (Å²) in [4.78, 5) is 11.8. The fraction of sp³-hybridized carbons (Fsp3) is 0.769. The van der Waals surface area contributed by atoms with Gasteiger partial charge in [0.2, 0.25) is 0 Å². The molecule has 1 aliphatic rings. The maximum Gasteiger partial charge on any atom is 0.336 e. The zero-order valence-corrected chi connectivity index (χ0v) is 11.2. The molecule has 1 saturated heterocycles. The summed E-state index contributed by atoms with van der Waals surface area (Å²) in [5.41, 5.74) is 1.41. The number of allylic oxidation sites excluding steroid dienone is 1. The fourth-order valence-corrected chi connectivity index (χ4v) is 1.76. The van der Waals surface area contributed by atoms with Crippen molar-refractivity contribution in [3.8, 4) is 0 Å². The van der Waals surface area contributed by atoms with Crippen LogP contribution in [-0.2, 0) is 14.3 Å². The van der Waals surface area contributed by atoms with Crippen molar-refractivity contribution in [3.63, 3.8) is 0 Å². The molecule has 0 aromatic heterocycles. The van der Waals surface area contributed by atoms with Crippen molar-refractivity contribution in [2.24, 2.45) is 0 Å². The molecule has 0 aromatic rings. The standard InChI is InChI=1S/C13H22O4/c1-8(2)9-6-11(16-7-10(9)14)12(15)17-13(3,4)5/h10-11,14H,6-7H2,1-5H3/t10-,11-/m1/s1. The molecule has 98 valence electrons. The second-order valence-corrected chi connectivity index (χ2v) is 5.60. The van der Waals surface area contributed by atoms with E-state index in [1.807, 2.05) is 34.6 Å². The summed E-state index contributed by atoms with van der Waals surface area (Å²) in [7, 11) is 0. The Balaban J connectivity index is 2.69. The normalized spacial score (nSPS) is 25.6. The molecule has 1 aliphatic heterocycles. The predicted octanol–water partition coefficient (Wildman–Crippen LogP) is 1.81. The number of carbonyl (C=O) groups excluding carboxylic acids is 1. The molecule has 0 amide bonds. The van der Waals surface area contributed by atoms with Gasteiger partial charge in [-0.3, -0.25) is 0 Å². The molecule has 0 radical (unpaired) electrons. The topological polar surface area (TPSA) is 55.8 Å². The SMILES string of the molecule is CC(C)=C1C[C@H](C(=O)OC(C)(C)C)OC[C@H]1O. The zero-order valence-electron chi connectivity index (χ0n) is 11.2. The molecule has 2 atom stereocenters. The van der Waals surface area contributed by atoms with Gasteiger partial charge in [-0.2, -0.15) is 0 Å². The number of hydrogen-bond donors (Lipinski definition) is 1. The van der Waals surface area contributed by atoms with E-state index in [4.69, 9.17) is 9.47 Å². The molecule has 4 nitrogen and oxygen atoms in total. The number of ether oxygens (including phenoxy) is 2. The number of aliphatic hydroxyl groups is 1. The van der Waals surface area contributed by atoms with Crippen LogP contribution in [0.3, 0.4) is 0 Å². The van der Waals surface area contributed by atoms with Crippen LogP contribution in [0.25, 0.3) is 0 Å². The molecule has 1 rings (SSSR count). The molecular weight excluding hydrogens is 220 g/mol. The van der Waals surface area contributed by atoms with Gasteiger partial charge in [0.25, 0.3) is 0 Å². The Hall–Kier alpha value is -0.870. The van der Waals surface area contributed by atoms with Crippen molar-refractivity contribution in [1.29, 1.82) is 0 Å². The minimum absolute atomic E-state index is 0.157. The summed E-state index contributed by atoms with van der Waals surface area (Å²) in [5.74, 6) is -0.358. The van der Waals surface area contributed by atoms with E-state index in [2.05, 4.69) is 0 Å². The second-order valence-electron chi connectivity index (χ2n) is 5.60. The Bertz CT molecular complexity index is 321. The monoisotopic (exact) mass is 242 g/mol. The first-order valence-corrected chi connectivity index (χ1v) is 5.89.